The Hall–Kier alpha value is -3.35. The van der Waals surface area contributed by atoms with Gasteiger partial charge in [0.1, 0.15) is 5.82 Å². The number of H-pyrrole nitrogens is 1. The van der Waals surface area contributed by atoms with Crippen molar-refractivity contribution in [3.05, 3.63) is 47.9 Å². The fourth-order valence-corrected chi connectivity index (χ4v) is 6.04. The van der Waals surface area contributed by atoms with E-state index in [4.69, 9.17) is 19.4 Å². The molecule has 7 rings (SSSR count). The lowest BCUT2D eigenvalue weighted by Gasteiger charge is -2.51. The third-order valence-electron chi connectivity index (χ3n) is 8.14. The Bertz CT molecular complexity index is 1270. The van der Waals surface area contributed by atoms with Gasteiger partial charge in [-0.15, -0.1) is 0 Å². The quantitative estimate of drug-likeness (QED) is 0.527. The van der Waals surface area contributed by atoms with E-state index >= 15 is 0 Å². The first-order chi connectivity index (χ1) is 16.9. The van der Waals surface area contributed by atoms with Crippen LogP contribution in [0.1, 0.15) is 63.9 Å². The summed E-state index contributed by atoms with van der Waals surface area (Å²) in [6.45, 7) is 6.31. The lowest BCUT2D eigenvalue weighted by molar-refractivity contribution is -0.138. The van der Waals surface area contributed by atoms with Gasteiger partial charge in [0, 0.05) is 28.1 Å². The van der Waals surface area contributed by atoms with Crippen LogP contribution in [0.3, 0.4) is 0 Å². The predicted molar refractivity (Wildman–Crippen MR) is 133 cm³/mol. The molecule has 0 spiro atoms. The van der Waals surface area contributed by atoms with Gasteiger partial charge in [0.25, 0.3) is 0 Å². The molecule has 3 aromatic rings. The molecule has 3 heterocycles. The molecule has 0 radical (unpaired) electrons. The summed E-state index contributed by atoms with van der Waals surface area (Å²) in [4.78, 5) is 26.7. The first-order valence-corrected chi connectivity index (χ1v) is 12.6. The maximum Gasteiger partial charge on any atom is 0.231 e. The number of benzene rings is 1. The zero-order valence-corrected chi connectivity index (χ0v) is 20.6. The standard InChI is InChI=1S/C28H32N4O3/c1-17(2)29-26(33)28-12-9-27(10-13-28,11-14-28)25-31-23(19-7-8-21-22(15-19)35-16-34-21)24(32-25)20-6-4-5-18(3)30-20/h4-8,15,17H,9-14,16H2,1-3H3,(H,29,33)(H,31,32). The minimum atomic E-state index is -0.223. The van der Waals surface area contributed by atoms with Gasteiger partial charge in [-0.2, -0.15) is 0 Å². The molecule has 35 heavy (non-hydrogen) atoms. The van der Waals surface area contributed by atoms with Gasteiger partial charge < -0.3 is 19.8 Å². The van der Waals surface area contributed by atoms with Crippen molar-refractivity contribution in [2.45, 2.75) is 70.8 Å². The molecule has 7 heteroatoms. The van der Waals surface area contributed by atoms with Crippen LogP contribution in [-0.4, -0.2) is 33.7 Å². The Kier molecular flexibility index (Phi) is 5.13. The van der Waals surface area contributed by atoms with E-state index in [2.05, 4.69) is 10.3 Å². The van der Waals surface area contributed by atoms with Crippen LogP contribution in [0.4, 0.5) is 0 Å². The molecule has 2 bridgehead atoms. The number of hydrogen-bond donors (Lipinski definition) is 2. The topological polar surface area (TPSA) is 89.1 Å². The number of rotatable bonds is 5. The van der Waals surface area contributed by atoms with Crippen LogP contribution in [0.15, 0.2) is 36.4 Å². The van der Waals surface area contributed by atoms with Gasteiger partial charge in [-0.1, -0.05) is 6.07 Å². The van der Waals surface area contributed by atoms with Crippen molar-refractivity contribution in [2.75, 3.05) is 6.79 Å². The second-order valence-electron chi connectivity index (χ2n) is 10.7. The molecular formula is C28H32N4O3. The van der Waals surface area contributed by atoms with E-state index in [0.717, 1.165) is 84.2 Å². The van der Waals surface area contributed by atoms with E-state index in [1.807, 2.05) is 57.2 Å². The number of aryl methyl sites for hydroxylation is 1. The molecule has 0 atom stereocenters. The molecule has 4 aliphatic rings. The highest BCUT2D eigenvalue weighted by Gasteiger charge is 2.54. The Morgan fingerprint density at radius 3 is 2.46 bits per heavy atom. The van der Waals surface area contributed by atoms with Crippen LogP contribution in [0.2, 0.25) is 0 Å². The number of aromatic amines is 1. The highest BCUT2D eigenvalue weighted by atomic mass is 16.7. The Morgan fingerprint density at radius 1 is 1.00 bits per heavy atom. The Morgan fingerprint density at radius 2 is 1.74 bits per heavy atom. The van der Waals surface area contributed by atoms with E-state index < -0.39 is 0 Å². The minimum absolute atomic E-state index is 0.0347. The Balaban J connectivity index is 1.38. The first kappa shape index (κ1) is 22.1. The van der Waals surface area contributed by atoms with Crippen LogP contribution < -0.4 is 14.8 Å². The zero-order chi connectivity index (χ0) is 24.2. The number of carbonyl (C=O) groups excluding carboxylic acids is 1. The van der Waals surface area contributed by atoms with Crippen molar-refractivity contribution < 1.29 is 14.3 Å². The van der Waals surface area contributed by atoms with Gasteiger partial charge in [-0.25, -0.2) is 4.98 Å². The number of carbonyl (C=O) groups is 1. The van der Waals surface area contributed by atoms with Crippen molar-refractivity contribution in [1.29, 1.82) is 0 Å². The number of ether oxygens (including phenoxy) is 2. The fourth-order valence-electron chi connectivity index (χ4n) is 6.04. The smallest absolute Gasteiger partial charge is 0.231 e. The highest BCUT2D eigenvalue weighted by molar-refractivity contribution is 5.83. The van der Waals surface area contributed by atoms with Gasteiger partial charge in [-0.05, 0) is 89.6 Å². The van der Waals surface area contributed by atoms with Crippen LogP contribution in [0.25, 0.3) is 22.6 Å². The summed E-state index contributed by atoms with van der Waals surface area (Å²) in [5.41, 5.74) is 4.37. The van der Waals surface area contributed by atoms with Crippen molar-refractivity contribution in [3.63, 3.8) is 0 Å². The van der Waals surface area contributed by atoms with Gasteiger partial charge in [0.2, 0.25) is 12.7 Å². The number of nitrogens with one attached hydrogen (secondary N) is 2. The molecule has 2 N–H and O–H groups in total. The summed E-state index contributed by atoms with van der Waals surface area (Å²) >= 11 is 0. The zero-order valence-electron chi connectivity index (χ0n) is 20.6. The van der Waals surface area contributed by atoms with Crippen LogP contribution in [-0.2, 0) is 10.2 Å². The number of nitrogens with zero attached hydrogens (tertiary/aromatic N) is 2. The fraction of sp³-hybridized carbons (Fsp3) is 0.464. The third-order valence-corrected chi connectivity index (χ3v) is 8.14. The summed E-state index contributed by atoms with van der Waals surface area (Å²) in [6.07, 6.45) is 5.62. The molecule has 2 aromatic heterocycles. The summed E-state index contributed by atoms with van der Waals surface area (Å²) in [7, 11) is 0. The lowest BCUT2D eigenvalue weighted by atomic mass is 9.53. The largest absolute Gasteiger partial charge is 0.454 e. The number of hydrogen-bond acceptors (Lipinski definition) is 5. The molecule has 0 saturated heterocycles. The number of aromatic nitrogens is 3. The van der Waals surface area contributed by atoms with E-state index in [9.17, 15) is 4.79 Å². The predicted octanol–water partition coefficient (Wildman–Crippen LogP) is 5.29. The number of fused-ring (bicyclic) bond motifs is 4. The van der Waals surface area contributed by atoms with Crippen LogP contribution in [0.5, 0.6) is 11.5 Å². The van der Waals surface area contributed by atoms with E-state index in [1.165, 1.54) is 0 Å². The minimum Gasteiger partial charge on any atom is -0.454 e. The molecule has 3 saturated carbocycles. The van der Waals surface area contributed by atoms with Crippen molar-refractivity contribution in [2.24, 2.45) is 5.41 Å². The van der Waals surface area contributed by atoms with Gasteiger partial charge in [0.05, 0.1) is 17.1 Å². The molecule has 7 nitrogen and oxygen atoms in total. The van der Waals surface area contributed by atoms with Gasteiger partial charge in [-0.3, -0.25) is 9.78 Å². The maximum atomic E-state index is 13.0. The number of amides is 1. The number of imidazole rings is 1. The van der Waals surface area contributed by atoms with E-state index in [1.54, 1.807) is 0 Å². The molecule has 3 fully saturated rings. The van der Waals surface area contributed by atoms with E-state index in [-0.39, 0.29) is 29.6 Å². The maximum absolute atomic E-state index is 13.0. The van der Waals surface area contributed by atoms with Gasteiger partial charge in [0.15, 0.2) is 11.5 Å². The SMILES string of the molecule is Cc1cccc(-c2[nH]c(C34CCC(C(=O)NC(C)C)(CC3)CC4)nc2-c2ccc3c(c2)OCO3)n1. The summed E-state index contributed by atoms with van der Waals surface area (Å²) in [5, 5.41) is 3.17. The van der Waals surface area contributed by atoms with Crippen LogP contribution >= 0.6 is 0 Å². The second kappa shape index (κ2) is 8.11. The normalized spacial score (nSPS) is 24.7. The molecule has 182 valence electrons. The van der Waals surface area contributed by atoms with E-state index in [0.29, 0.717) is 0 Å². The number of pyridine rings is 1. The third kappa shape index (κ3) is 3.68. The second-order valence-corrected chi connectivity index (χ2v) is 10.7. The molecule has 1 aliphatic heterocycles. The molecule has 1 aromatic carbocycles. The van der Waals surface area contributed by atoms with Gasteiger partial charge >= 0.3 is 0 Å². The summed E-state index contributed by atoms with van der Waals surface area (Å²) in [5.74, 6) is 2.74. The molecule has 3 aliphatic carbocycles. The Labute approximate surface area is 205 Å². The summed E-state index contributed by atoms with van der Waals surface area (Å²) < 4.78 is 11.2. The molecular weight excluding hydrogens is 440 g/mol. The van der Waals surface area contributed by atoms with Crippen molar-refractivity contribution >= 4 is 5.91 Å². The van der Waals surface area contributed by atoms with Crippen molar-refractivity contribution in [1.82, 2.24) is 20.3 Å². The highest BCUT2D eigenvalue weighted by Crippen LogP contribution is 2.58. The average Bonchev–Trinajstić information content (AvgIpc) is 3.52. The summed E-state index contributed by atoms with van der Waals surface area (Å²) in [6, 6.07) is 12.2. The first-order valence-electron chi connectivity index (χ1n) is 12.6. The monoisotopic (exact) mass is 472 g/mol. The average molecular weight is 473 g/mol. The molecule has 1 amide bonds. The lowest BCUT2D eigenvalue weighted by Crippen LogP contribution is -2.53. The van der Waals surface area contributed by atoms with Crippen LogP contribution in [0, 0.1) is 12.3 Å². The molecule has 0 unspecified atom stereocenters. The van der Waals surface area contributed by atoms with Crippen molar-refractivity contribution in [3.8, 4) is 34.1 Å².